The van der Waals surface area contributed by atoms with Gasteiger partial charge in [-0.25, -0.2) is 4.79 Å². The average Bonchev–Trinajstić information content (AvgIpc) is 2.41. The highest BCUT2D eigenvalue weighted by molar-refractivity contribution is 5.79. The van der Waals surface area contributed by atoms with E-state index in [9.17, 15) is 9.59 Å². The lowest BCUT2D eigenvalue weighted by Crippen LogP contribution is -2.61. The molecular weight excluding hydrogens is 256 g/mol. The van der Waals surface area contributed by atoms with E-state index in [4.69, 9.17) is 10.5 Å². The Bertz CT molecular complexity index is 499. The fourth-order valence-corrected chi connectivity index (χ4v) is 2.56. The second-order valence-electron chi connectivity index (χ2n) is 5.77. The Kier molecular flexibility index (Phi) is 3.97. The van der Waals surface area contributed by atoms with Crippen LogP contribution in [0.1, 0.15) is 25.8 Å². The lowest BCUT2D eigenvalue weighted by atomic mass is 9.58. The van der Waals surface area contributed by atoms with Gasteiger partial charge in [-0.1, -0.05) is 44.2 Å². The monoisotopic (exact) mass is 276 g/mol. The van der Waals surface area contributed by atoms with Crippen LogP contribution in [0.2, 0.25) is 0 Å². The first-order chi connectivity index (χ1) is 9.41. The topological polar surface area (TPSA) is 81.4 Å². The third kappa shape index (κ3) is 2.92. The molecule has 1 saturated carbocycles. The number of ether oxygens (including phenoxy) is 1. The molecule has 1 aliphatic carbocycles. The Labute approximate surface area is 118 Å². The van der Waals surface area contributed by atoms with Crippen molar-refractivity contribution in [3.05, 3.63) is 35.9 Å². The van der Waals surface area contributed by atoms with Gasteiger partial charge < -0.3 is 15.8 Å². The van der Waals surface area contributed by atoms with Gasteiger partial charge in [0.05, 0.1) is 0 Å². The Hall–Kier alpha value is -2.04. The Morgan fingerprint density at radius 3 is 2.55 bits per heavy atom. The molecule has 2 rings (SSSR count). The number of carbonyl (C=O) groups excluding carboxylic acids is 2. The van der Waals surface area contributed by atoms with E-state index in [-0.39, 0.29) is 29.9 Å². The first-order valence-electron chi connectivity index (χ1n) is 6.68. The highest BCUT2D eigenvalue weighted by Gasteiger charge is 2.51. The zero-order valence-corrected chi connectivity index (χ0v) is 11.8. The van der Waals surface area contributed by atoms with E-state index < -0.39 is 6.09 Å². The Morgan fingerprint density at radius 1 is 1.35 bits per heavy atom. The van der Waals surface area contributed by atoms with Crippen molar-refractivity contribution in [2.75, 3.05) is 0 Å². The Balaban J connectivity index is 1.80. The van der Waals surface area contributed by atoms with Crippen molar-refractivity contribution in [2.45, 2.75) is 32.9 Å². The summed E-state index contributed by atoms with van der Waals surface area (Å²) in [5.41, 5.74) is 5.93. The molecule has 0 aromatic heterocycles. The first-order valence-corrected chi connectivity index (χ1v) is 6.68. The summed E-state index contributed by atoms with van der Waals surface area (Å²) >= 11 is 0. The van der Waals surface area contributed by atoms with Gasteiger partial charge in [-0.3, -0.25) is 4.79 Å². The number of alkyl carbamates (subject to hydrolysis) is 1. The molecule has 5 nitrogen and oxygen atoms in total. The van der Waals surface area contributed by atoms with Gasteiger partial charge in [0.1, 0.15) is 6.61 Å². The van der Waals surface area contributed by atoms with Gasteiger partial charge in [-0.15, -0.1) is 0 Å². The smallest absolute Gasteiger partial charge is 0.407 e. The number of nitrogens with two attached hydrogens (primary N) is 1. The van der Waals surface area contributed by atoms with Crippen LogP contribution in [0.15, 0.2) is 30.3 Å². The summed E-state index contributed by atoms with van der Waals surface area (Å²) < 4.78 is 5.16. The molecule has 20 heavy (non-hydrogen) atoms. The molecule has 1 fully saturated rings. The lowest BCUT2D eigenvalue weighted by Gasteiger charge is -2.50. The van der Waals surface area contributed by atoms with Crippen molar-refractivity contribution in [1.82, 2.24) is 5.32 Å². The predicted octanol–water partition coefficient (Wildman–Crippen LogP) is 1.81. The third-order valence-electron chi connectivity index (χ3n) is 4.12. The number of rotatable bonds is 4. The number of amides is 2. The fraction of sp³-hybridized carbons (Fsp3) is 0.467. The molecule has 1 aromatic rings. The summed E-state index contributed by atoms with van der Waals surface area (Å²) in [5, 5.41) is 2.79. The zero-order valence-electron chi connectivity index (χ0n) is 11.8. The van der Waals surface area contributed by atoms with Crippen molar-refractivity contribution >= 4 is 12.0 Å². The average molecular weight is 276 g/mol. The molecule has 5 heteroatoms. The summed E-state index contributed by atoms with van der Waals surface area (Å²) in [6.07, 6.45) is 0.109. The molecule has 0 unspecified atom stereocenters. The van der Waals surface area contributed by atoms with Gasteiger partial charge in [0.2, 0.25) is 5.91 Å². The molecule has 2 amide bonds. The number of hydrogen-bond acceptors (Lipinski definition) is 3. The van der Waals surface area contributed by atoms with Gasteiger partial charge in [0.15, 0.2) is 0 Å². The molecule has 1 aromatic carbocycles. The van der Waals surface area contributed by atoms with E-state index in [0.717, 1.165) is 5.56 Å². The van der Waals surface area contributed by atoms with E-state index in [0.29, 0.717) is 6.42 Å². The molecule has 0 aliphatic heterocycles. The number of carbonyl (C=O) groups is 2. The van der Waals surface area contributed by atoms with E-state index in [2.05, 4.69) is 5.32 Å². The number of nitrogens with one attached hydrogen (secondary N) is 1. The van der Waals surface area contributed by atoms with Crippen LogP contribution in [0.4, 0.5) is 4.79 Å². The van der Waals surface area contributed by atoms with Gasteiger partial charge in [-0.05, 0) is 17.4 Å². The molecule has 1 aliphatic rings. The molecule has 0 radical (unpaired) electrons. The number of hydrogen-bond donors (Lipinski definition) is 2. The second kappa shape index (κ2) is 5.53. The predicted molar refractivity (Wildman–Crippen MR) is 74.6 cm³/mol. The van der Waals surface area contributed by atoms with Crippen LogP contribution >= 0.6 is 0 Å². The summed E-state index contributed by atoms with van der Waals surface area (Å²) in [5.74, 6) is -0.507. The molecular formula is C15H20N2O3. The molecule has 2 atom stereocenters. The SMILES string of the molecule is CC1(C)[C@@H](NC(=O)OCc2ccccc2)C[C@H]1C(N)=O. The standard InChI is InChI=1S/C15H20N2O3/c1-15(2)11(13(16)18)8-12(15)17-14(19)20-9-10-6-4-3-5-7-10/h3-7,11-12H,8-9H2,1-2H3,(H2,16,18)(H,17,19)/t11-,12-/m0/s1. The molecule has 3 N–H and O–H groups in total. The first kappa shape index (κ1) is 14.4. The van der Waals surface area contributed by atoms with Gasteiger partial charge in [-0.2, -0.15) is 0 Å². The minimum atomic E-state index is -0.463. The van der Waals surface area contributed by atoms with Crippen LogP contribution in [-0.4, -0.2) is 18.0 Å². The second-order valence-corrected chi connectivity index (χ2v) is 5.77. The third-order valence-corrected chi connectivity index (χ3v) is 4.12. The van der Waals surface area contributed by atoms with Crippen LogP contribution in [-0.2, 0) is 16.1 Å². The van der Waals surface area contributed by atoms with Crippen LogP contribution in [0.5, 0.6) is 0 Å². The van der Waals surface area contributed by atoms with Crippen molar-refractivity contribution in [3.63, 3.8) is 0 Å². The zero-order chi connectivity index (χ0) is 14.8. The Morgan fingerprint density at radius 2 is 2.00 bits per heavy atom. The largest absolute Gasteiger partial charge is 0.445 e. The van der Waals surface area contributed by atoms with E-state index in [1.54, 1.807) is 0 Å². The minimum Gasteiger partial charge on any atom is -0.445 e. The van der Waals surface area contributed by atoms with Crippen LogP contribution in [0, 0.1) is 11.3 Å². The van der Waals surface area contributed by atoms with Crippen LogP contribution in [0.3, 0.4) is 0 Å². The van der Waals surface area contributed by atoms with E-state index >= 15 is 0 Å². The van der Waals surface area contributed by atoms with Crippen molar-refractivity contribution in [2.24, 2.45) is 17.1 Å². The van der Waals surface area contributed by atoms with E-state index in [1.807, 2.05) is 44.2 Å². The fourth-order valence-electron chi connectivity index (χ4n) is 2.56. The molecule has 0 saturated heterocycles. The normalized spacial score (nSPS) is 23.5. The summed E-state index contributed by atoms with van der Waals surface area (Å²) in [6.45, 7) is 4.08. The highest BCUT2D eigenvalue weighted by Crippen LogP contribution is 2.45. The van der Waals surface area contributed by atoms with Crippen molar-refractivity contribution in [3.8, 4) is 0 Å². The summed E-state index contributed by atoms with van der Waals surface area (Å²) in [6, 6.07) is 9.40. The molecule has 0 bridgehead atoms. The lowest BCUT2D eigenvalue weighted by molar-refractivity contribution is -0.133. The summed E-state index contributed by atoms with van der Waals surface area (Å²) in [4.78, 5) is 23.0. The maximum Gasteiger partial charge on any atom is 0.407 e. The molecule has 108 valence electrons. The molecule has 0 heterocycles. The number of primary amides is 1. The maximum atomic E-state index is 11.7. The van der Waals surface area contributed by atoms with Crippen molar-refractivity contribution < 1.29 is 14.3 Å². The van der Waals surface area contributed by atoms with Gasteiger partial charge in [0.25, 0.3) is 0 Å². The quantitative estimate of drug-likeness (QED) is 0.880. The van der Waals surface area contributed by atoms with Crippen molar-refractivity contribution in [1.29, 1.82) is 0 Å². The van der Waals surface area contributed by atoms with E-state index in [1.165, 1.54) is 0 Å². The minimum absolute atomic E-state index is 0.0803. The maximum absolute atomic E-state index is 11.7. The van der Waals surface area contributed by atoms with Crippen LogP contribution < -0.4 is 11.1 Å². The van der Waals surface area contributed by atoms with Gasteiger partial charge in [0, 0.05) is 12.0 Å². The summed E-state index contributed by atoms with van der Waals surface area (Å²) in [7, 11) is 0. The van der Waals surface area contributed by atoms with Gasteiger partial charge >= 0.3 is 6.09 Å². The number of benzene rings is 1. The highest BCUT2D eigenvalue weighted by atomic mass is 16.5. The van der Waals surface area contributed by atoms with Crippen LogP contribution in [0.25, 0.3) is 0 Å². The molecule has 0 spiro atoms.